The zero-order valence-corrected chi connectivity index (χ0v) is 8.52. The Morgan fingerprint density at radius 3 is 3.08 bits per heavy atom. The number of aryl methyl sites for hydroxylation is 1. The number of halogens is 1. The molecule has 1 N–H and O–H groups in total. The van der Waals surface area contributed by atoms with Crippen LogP contribution < -0.4 is 5.32 Å². The predicted molar refractivity (Wildman–Crippen MR) is 55.6 cm³/mol. The second-order valence-corrected chi connectivity index (χ2v) is 4.01. The lowest BCUT2D eigenvalue weighted by atomic mass is 10.1. The van der Waals surface area contributed by atoms with Crippen LogP contribution in [0.25, 0.3) is 0 Å². The van der Waals surface area contributed by atoms with Crippen molar-refractivity contribution in [3.8, 4) is 0 Å². The second-order valence-electron chi connectivity index (χ2n) is 3.16. The summed E-state index contributed by atoms with van der Waals surface area (Å²) in [5.41, 5.74) is 2.75. The highest BCUT2D eigenvalue weighted by molar-refractivity contribution is 9.10. The van der Waals surface area contributed by atoms with Crippen LogP contribution in [0, 0.1) is 0 Å². The monoisotopic (exact) mass is 225 g/mol. The first kappa shape index (κ1) is 8.11. The smallest absolute Gasteiger partial charge is 0.0517 e. The molecule has 0 unspecified atom stereocenters. The van der Waals surface area contributed by atoms with Gasteiger partial charge in [0, 0.05) is 11.0 Å². The topological polar surface area (TPSA) is 12.0 Å². The van der Waals surface area contributed by atoms with Gasteiger partial charge in [-0.3, -0.25) is 0 Å². The van der Waals surface area contributed by atoms with Gasteiger partial charge in [0.05, 0.1) is 5.69 Å². The zero-order chi connectivity index (χ0) is 8.39. The minimum atomic E-state index is 1.11. The molecule has 0 radical (unpaired) electrons. The van der Waals surface area contributed by atoms with Crippen molar-refractivity contribution in [1.29, 1.82) is 0 Å². The maximum atomic E-state index is 3.55. The summed E-state index contributed by atoms with van der Waals surface area (Å²) in [6.45, 7) is 1.11. The Labute approximate surface area is 81.3 Å². The van der Waals surface area contributed by atoms with E-state index in [9.17, 15) is 0 Å². The molecule has 1 nitrogen and oxygen atoms in total. The average molecular weight is 226 g/mol. The molecular formula is C10H12BrN. The molecule has 1 aromatic carbocycles. The van der Waals surface area contributed by atoms with E-state index in [4.69, 9.17) is 0 Å². The van der Waals surface area contributed by atoms with E-state index in [1.165, 1.54) is 35.0 Å². The number of anilines is 1. The molecule has 0 saturated carbocycles. The van der Waals surface area contributed by atoms with Gasteiger partial charge in [-0.1, -0.05) is 12.1 Å². The van der Waals surface area contributed by atoms with Gasteiger partial charge in [-0.25, -0.2) is 0 Å². The summed E-state index contributed by atoms with van der Waals surface area (Å²) in [6.07, 6.45) is 3.79. The van der Waals surface area contributed by atoms with E-state index >= 15 is 0 Å². The molecule has 1 aromatic rings. The van der Waals surface area contributed by atoms with Gasteiger partial charge < -0.3 is 5.32 Å². The summed E-state index contributed by atoms with van der Waals surface area (Å²) < 4.78 is 1.20. The third kappa shape index (κ3) is 1.48. The van der Waals surface area contributed by atoms with Crippen LogP contribution in [0.5, 0.6) is 0 Å². The molecule has 64 valence electrons. The van der Waals surface area contributed by atoms with Gasteiger partial charge in [0.2, 0.25) is 0 Å². The second kappa shape index (κ2) is 3.48. The lowest BCUT2D eigenvalue weighted by molar-refractivity contribution is 0.785. The fraction of sp³-hybridized carbons (Fsp3) is 0.400. The predicted octanol–water partition coefficient (Wildman–Crippen LogP) is 3.20. The fourth-order valence-corrected chi connectivity index (χ4v) is 2.18. The molecule has 1 aliphatic rings. The van der Waals surface area contributed by atoms with E-state index < -0.39 is 0 Å². The molecule has 0 atom stereocenters. The van der Waals surface area contributed by atoms with Crippen molar-refractivity contribution in [3.05, 3.63) is 28.2 Å². The number of nitrogens with one attached hydrogen (secondary N) is 1. The Morgan fingerprint density at radius 2 is 2.17 bits per heavy atom. The van der Waals surface area contributed by atoms with Crippen molar-refractivity contribution in [2.75, 3.05) is 11.9 Å². The van der Waals surface area contributed by atoms with Crippen molar-refractivity contribution >= 4 is 21.6 Å². The molecule has 0 spiro atoms. The quantitative estimate of drug-likeness (QED) is 0.716. The molecule has 0 aromatic heterocycles. The maximum Gasteiger partial charge on any atom is 0.0517 e. The van der Waals surface area contributed by atoms with Gasteiger partial charge >= 0.3 is 0 Å². The summed E-state index contributed by atoms with van der Waals surface area (Å²) in [5.74, 6) is 0. The highest BCUT2D eigenvalue weighted by Crippen LogP contribution is 2.29. The number of hydrogen-bond acceptors (Lipinski definition) is 1. The Balaban J connectivity index is 2.42. The van der Waals surface area contributed by atoms with Crippen molar-refractivity contribution in [3.63, 3.8) is 0 Å². The van der Waals surface area contributed by atoms with Crippen LogP contribution >= 0.6 is 15.9 Å². The van der Waals surface area contributed by atoms with E-state index in [0.717, 1.165) is 6.54 Å². The first-order valence-corrected chi connectivity index (χ1v) is 5.18. The molecule has 12 heavy (non-hydrogen) atoms. The standard InChI is InChI=1S/C10H12BrN/c11-9-6-3-5-8-4-1-2-7-12-10(8)9/h3,5-6,12H,1-2,4,7H2. The van der Waals surface area contributed by atoms with Gasteiger partial charge in [-0.2, -0.15) is 0 Å². The minimum absolute atomic E-state index is 1.11. The SMILES string of the molecule is Brc1cccc2c1NCCCC2. The lowest BCUT2D eigenvalue weighted by Crippen LogP contribution is -1.99. The molecule has 0 saturated heterocycles. The van der Waals surface area contributed by atoms with Crippen molar-refractivity contribution < 1.29 is 0 Å². The first-order valence-electron chi connectivity index (χ1n) is 4.39. The van der Waals surface area contributed by atoms with Crippen molar-refractivity contribution in [2.24, 2.45) is 0 Å². The highest BCUT2D eigenvalue weighted by atomic mass is 79.9. The van der Waals surface area contributed by atoms with Gasteiger partial charge in [0.25, 0.3) is 0 Å². The maximum absolute atomic E-state index is 3.55. The van der Waals surface area contributed by atoms with E-state index in [-0.39, 0.29) is 0 Å². The Hall–Kier alpha value is -0.500. The van der Waals surface area contributed by atoms with E-state index in [0.29, 0.717) is 0 Å². The summed E-state index contributed by atoms with van der Waals surface area (Å²) in [6, 6.07) is 6.41. The molecule has 1 aliphatic heterocycles. The molecule has 0 aliphatic carbocycles. The summed E-state index contributed by atoms with van der Waals surface area (Å²) >= 11 is 3.55. The molecule has 1 heterocycles. The normalized spacial score (nSPS) is 16.1. The molecule has 0 fully saturated rings. The van der Waals surface area contributed by atoms with Gasteiger partial charge in [0.15, 0.2) is 0 Å². The Bertz CT molecular complexity index is 283. The van der Waals surface area contributed by atoms with Crippen LogP contribution in [0.3, 0.4) is 0 Å². The summed E-state index contributed by atoms with van der Waals surface area (Å²) in [7, 11) is 0. The van der Waals surface area contributed by atoms with Crippen LogP contribution in [0.15, 0.2) is 22.7 Å². The first-order chi connectivity index (χ1) is 5.88. The van der Waals surface area contributed by atoms with Crippen LogP contribution in [-0.2, 0) is 6.42 Å². The molecule has 2 heteroatoms. The Kier molecular flexibility index (Phi) is 2.35. The molecular weight excluding hydrogens is 214 g/mol. The highest BCUT2D eigenvalue weighted by Gasteiger charge is 2.08. The fourth-order valence-electron chi connectivity index (χ4n) is 1.63. The molecule has 0 amide bonds. The number of fused-ring (bicyclic) bond motifs is 1. The van der Waals surface area contributed by atoms with Gasteiger partial charge in [-0.15, -0.1) is 0 Å². The number of benzene rings is 1. The van der Waals surface area contributed by atoms with Gasteiger partial charge in [-0.05, 0) is 46.8 Å². The minimum Gasteiger partial charge on any atom is -0.384 e. The third-order valence-electron chi connectivity index (χ3n) is 2.27. The van der Waals surface area contributed by atoms with Crippen LogP contribution in [0.1, 0.15) is 18.4 Å². The largest absolute Gasteiger partial charge is 0.384 e. The van der Waals surface area contributed by atoms with E-state index in [1.54, 1.807) is 0 Å². The summed E-state index contributed by atoms with van der Waals surface area (Å²) in [4.78, 5) is 0. The number of hydrogen-bond donors (Lipinski definition) is 1. The number of para-hydroxylation sites is 1. The van der Waals surface area contributed by atoms with Gasteiger partial charge in [0.1, 0.15) is 0 Å². The third-order valence-corrected chi connectivity index (χ3v) is 2.94. The molecule has 0 bridgehead atoms. The van der Waals surface area contributed by atoms with Crippen molar-refractivity contribution in [1.82, 2.24) is 0 Å². The summed E-state index contributed by atoms with van der Waals surface area (Å²) in [5, 5.41) is 3.45. The molecule has 2 rings (SSSR count). The Morgan fingerprint density at radius 1 is 1.25 bits per heavy atom. The van der Waals surface area contributed by atoms with Crippen molar-refractivity contribution in [2.45, 2.75) is 19.3 Å². The zero-order valence-electron chi connectivity index (χ0n) is 6.94. The number of rotatable bonds is 0. The van der Waals surface area contributed by atoms with E-state index in [2.05, 4.69) is 39.4 Å². The van der Waals surface area contributed by atoms with Crippen LogP contribution in [0.2, 0.25) is 0 Å². The lowest BCUT2D eigenvalue weighted by Gasteiger charge is -2.08. The van der Waals surface area contributed by atoms with E-state index in [1.807, 2.05) is 0 Å². The van der Waals surface area contributed by atoms with Crippen LogP contribution in [-0.4, -0.2) is 6.54 Å². The average Bonchev–Trinajstić information content (AvgIpc) is 2.30. The van der Waals surface area contributed by atoms with Crippen LogP contribution in [0.4, 0.5) is 5.69 Å².